The molecule has 0 spiro atoms. The highest BCUT2D eigenvalue weighted by atomic mass is 32.2. The number of hydrogen-bond donors (Lipinski definition) is 1. The third-order valence-electron chi connectivity index (χ3n) is 4.05. The fourth-order valence-corrected chi connectivity index (χ4v) is 3.60. The van der Waals surface area contributed by atoms with Crippen molar-refractivity contribution in [1.82, 2.24) is 19.8 Å². The van der Waals surface area contributed by atoms with E-state index in [4.69, 9.17) is 10.00 Å². The summed E-state index contributed by atoms with van der Waals surface area (Å²) in [5.74, 6) is 0.642. The number of aromatic amines is 1. The van der Waals surface area contributed by atoms with Gasteiger partial charge in [-0.05, 0) is 42.8 Å². The Morgan fingerprint density at radius 3 is 2.85 bits per heavy atom. The number of hydrogen-bond acceptors (Lipinski definition) is 6. The zero-order valence-corrected chi connectivity index (χ0v) is 14.8. The molecule has 26 heavy (non-hydrogen) atoms. The maximum absolute atomic E-state index is 12.4. The number of nitrogens with one attached hydrogen (secondary N) is 1. The van der Waals surface area contributed by atoms with Gasteiger partial charge in [0.25, 0.3) is 5.56 Å². The van der Waals surface area contributed by atoms with Crippen molar-refractivity contribution < 1.29 is 4.74 Å². The van der Waals surface area contributed by atoms with Gasteiger partial charge in [0.2, 0.25) is 0 Å². The van der Waals surface area contributed by atoms with Crippen molar-refractivity contribution in [3.05, 3.63) is 57.9 Å². The van der Waals surface area contributed by atoms with Crippen molar-refractivity contribution in [2.24, 2.45) is 0 Å². The van der Waals surface area contributed by atoms with E-state index in [0.29, 0.717) is 32.9 Å². The Morgan fingerprint density at radius 1 is 1.27 bits per heavy atom. The molecule has 0 aliphatic carbocycles. The number of nitrogens with zero attached hydrogens (tertiary/aromatic N) is 4. The average molecular weight is 363 g/mol. The Labute approximate surface area is 152 Å². The van der Waals surface area contributed by atoms with Crippen LogP contribution in [0.15, 0.2) is 51.1 Å². The van der Waals surface area contributed by atoms with E-state index in [9.17, 15) is 4.79 Å². The van der Waals surface area contributed by atoms with Gasteiger partial charge in [0.15, 0.2) is 10.7 Å². The number of methoxy groups -OCH3 is 1. The quantitative estimate of drug-likeness (QED) is 0.601. The molecule has 7 nitrogen and oxygen atoms in total. The molecule has 0 aliphatic rings. The van der Waals surface area contributed by atoms with E-state index in [1.165, 1.54) is 11.8 Å². The first-order chi connectivity index (χ1) is 12.6. The number of aromatic nitrogens is 4. The lowest BCUT2D eigenvalue weighted by atomic mass is 10.2. The van der Waals surface area contributed by atoms with Crippen LogP contribution >= 0.6 is 11.8 Å². The Kier molecular flexibility index (Phi) is 3.86. The fourth-order valence-electron chi connectivity index (χ4n) is 2.72. The normalized spacial score (nSPS) is 11.0. The minimum atomic E-state index is -0.317. The minimum Gasteiger partial charge on any atom is -0.497 e. The van der Waals surface area contributed by atoms with Crippen molar-refractivity contribution in [1.29, 1.82) is 5.26 Å². The van der Waals surface area contributed by atoms with E-state index in [0.717, 1.165) is 10.5 Å². The molecule has 0 saturated carbocycles. The van der Waals surface area contributed by atoms with Crippen LogP contribution in [0.5, 0.6) is 5.75 Å². The minimum absolute atomic E-state index is 0.317. The largest absolute Gasteiger partial charge is 0.497 e. The first-order valence-electron chi connectivity index (χ1n) is 7.74. The number of benzene rings is 2. The molecule has 0 atom stereocenters. The SMILES string of the molecule is COc1ccc2c(=O)nc3c(Sc4ccc(C#N)cc4C)n[nH]n3c2c1. The summed E-state index contributed by atoms with van der Waals surface area (Å²) in [6.07, 6.45) is 0. The van der Waals surface area contributed by atoms with Gasteiger partial charge in [-0.2, -0.15) is 10.2 Å². The molecule has 4 aromatic rings. The van der Waals surface area contributed by atoms with Crippen LogP contribution in [0, 0.1) is 18.3 Å². The predicted octanol–water partition coefficient (Wildman–Crippen LogP) is 2.91. The standard InChI is InChI=1S/C18H13N5O2S/c1-10-7-11(9-19)3-6-15(10)26-18-16-20-17(24)13-5-4-12(25-2)8-14(13)23(16)22-21-18/h3-8,22H,1-2H3. The third-order valence-corrected chi connectivity index (χ3v) is 5.19. The highest BCUT2D eigenvalue weighted by Crippen LogP contribution is 2.32. The van der Waals surface area contributed by atoms with Crippen LogP contribution in [0.2, 0.25) is 0 Å². The predicted molar refractivity (Wildman–Crippen MR) is 97.7 cm³/mol. The maximum atomic E-state index is 12.4. The Morgan fingerprint density at radius 2 is 2.12 bits per heavy atom. The van der Waals surface area contributed by atoms with Crippen LogP contribution in [0.4, 0.5) is 0 Å². The second kappa shape index (κ2) is 6.20. The highest BCUT2D eigenvalue weighted by molar-refractivity contribution is 7.99. The van der Waals surface area contributed by atoms with Crippen LogP contribution in [-0.4, -0.2) is 26.9 Å². The zero-order valence-electron chi connectivity index (χ0n) is 14.0. The molecule has 0 radical (unpaired) electrons. The number of aryl methyl sites for hydroxylation is 1. The molecule has 0 saturated heterocycles. The van der Waals surface area contributed by atoms with E-state index in [1.807, 2.05) is 19.1 Å². The lowest BCUT2D eigenvalue weighted by Crippen LogP contribution is -2.10. The molecule has 2 aromatic heterocycles. The number of rotatable bonds is 3. The molecule has 0 aliphatic heterocycles. The van der Waals surface area contributed by atoms with Crippen molar-refractivity contribution >= 4 is 28.3 Å². The monoisotopic (exact) mass is 363 g/mol. The molecule has 1 N–H and O–H groups in total. The summed E-state index contributed by atoms with van der Waals surface area (Å²) in [5, 5.41) is 17.3. The molecule has 2 heterocycles. The van der Waals surface area contributed by atoms with Crippen LogP contribution in [-0.2, 0) is 0 Å². The maximum Gasteiger partial charge on any atom is 0.281 e. The number of nitriles is 1. The number of ether oxygens (including phenoxy) is 1. The van der Waals surface area contributed by atoms with Gasteiger partial charge in [-0.1, -0.05) is 11.8 Å². The summed E-state index contributed by atoms with van der Waals surface area (Å²) in [4.78, 5) is 17.5. The molecule has 0 bridgehead atoms. The van der Waals surface area contributed by atoms with E-state index < -0.39 is 0 Å². The van der Waals surface area contributed by atoms with E-state index >= 15 is 0 Å². The Bertz CT molecular complexity index is 1250. The first-order valence-corrected chi connectivity index (χ1v) is 8.56. The molecule has 2 aromatic carbocycles. The van der Waals surface area contributed by atoms with Crippen molar-refractivity contribution in [2.45, 2.75) is 16.8 Å². The highest BCUT2D eigenvalue weighted by Gasteiger charge is 2.15. The van der Waals surface area contributed by atoms with Crippen LogP contribution < -0.4 is 10.3 Å². The summed E-state index contributed by atoms with van der Waals surface area (Å²) in [7, 11) is 1.57. The van der Waals surface area contributed by atoms with Crippen molar-refractivity contribution in [2.75, 3.05) is 7.11 Å². The van der Waals surface area contributed by atoms with Crippen molar-refractivity contribution in [3.63, 3.8) is 0 Å². The summed E-state index contributed by atoms with van der Waals surface area (Å²) >= 11 is 1.39. The molecule has 0 amide bonds. The van der Waals surface area contributed by atoms with E-state index in [1.54, 1.807) is 35.9 Å². The summed E-state index contributed by atoms with van der Waals surface area (Å²) in [6, 6.07) is 12.7. The Hall–Kier alpha value is -3.31. The molecular weight excluding hydrogens is 350 g/mol. The third kappa shape index (κ3) is 2.59. The second-order valence-electron chi connectivity index (χ2n) is 5.67. The van der Waals surface area contributed by atoms with Crippen LogP contribution in [0.1, 0.15) is 11.1 Å². The molecule has 8 heteroatoms. The average Bonchev–Trinajstić information content (AvgIpc) is 3.05. The molecular formula is C18H13N5O2S. The molecule has 0 fully saturated rings. The Balaban J connectivity index is 1.87. The first kappa shape index (κ1) is 16.2. The van der Waals surface area contributed by atoms with E-state index in [2.05, 4.69) is 21.4 Å². The van der Waals surface area contributed by atoms with Gasteiger partial charge in [-0.15, -0.1) is 5.10 Å². The number of fused-ring (bicyclic) bond motifs is 3. The lowest BCUT2D eigenvalue weighted by Gasteiger charge is -2.05. The van der Waals surface area contributed by atoms with Gasteiger partial charge in [0.1, 0.15) is 5.75 Å². The van der Waals surface area contributed by atoms with Crippen LogP contribution in [0.25, 0.3) is 16.6 Å². The zero-order chi connectivity index (χ0) is 18.3. The summed E-state index contributed by atoms with van der Waals surface area (Å²) in [5.41, 5.74) is 2.34. The van der Waals surface area contributed by atoms with Gasteiger partial charge in [-0.25, -0.2) is 9.73 Å². The molecule has 0 unspecified atom stereocenters. The van der Waals surface area contributed by atoms with Gasteiger partial charge in [-0.3, -0.25) is 4.79 Å². The molecule has 4 rings (SSSR count). The van der Waals surface area contributed by atoms with Crippen LogP contribution in [0.3, 0.4) is 0 Å². The van der Waals surface area contributed by atoms with Gasteiger partial charge in [0.05, 0.1) is 29.6 Å². The second-order valence-corrected chi connectivity index (χ2v) is 6.70. The van der Waals surface area contributed by atoms with Gasteiger partial charge >= 0.3 is 0 Å². The fraction of sp³-hybridized carbons (Fsp3) is 0.111. The van der Waals surface area contributed by atoms with Gasteiger partial charge in [0, 0.05) is 11.0 Å². The topological polar surface area (TPSA) is 96.1 Å². The lowest BCUT2D eigenvalue weighted by molar-refractivity contribution is 0.415. The smallest absolute Gasteiger partial charge is 0.281 e. The summed E-state index contributed by atoms with van der Waals surface area (Å²) in [6.45, 7) is 1.93. The van der Waals surface area contributed by atoms with E-state index in [-0.39, 0.29) is 5.56 Å². The molecule has 128 valence electrons. The van der Waals surface area contributed by atoms with Gasteiger partial charge < -0.3 is 4.74 Å². The number of H-pyrrole nitrogens is 1. The van der Waals surface area contributed by atoms with Crippen molar-refractivity contribution in [3.8, 4) is 11.8 Å². The summed E-state index contributed by atoms with van der Waals surface area (Å²) < 4.78 is 6.92.